The normalized spacial score (nSPS) is 10.2. The lowest BCUT2D eigenvalue weighted by Gasteiger charge is -2.16. The SMILES string of the molecule is CCOC(=O)CCN(C)C(=O)CCSc1ccccc1Cl. The summed E-state index contributed by atoms with van der Waals surface area (Å²) in [4.78, 5) is 25.7. The maximum atomic E-state index is 11.9. The Labute approximate surface area is 134 Å². The van der Waals surface area contributed by atoms with Gasteiger partial charge in [0, 0.05) is 30.7 Å². The van der Waals surface area contributed by atoms with Crippen molar-refractivity contribution < 1.29 is 14.3 Å². The highest BCUT2D eigenvalue weighted by Crippen LogP contribution is 2.26. The number of hydrogen-bond acceptors (Lipinski definition) is 4. The van der Waals surface area contributed by atoms with Crippen LogP contribution in [-0.4, -0.2) is 42.7 Å². The average molecular weight is 330 g/mol. The smallest absolute Gasteiger partial charge is 0.307 e. The summed E-state index contributed by atoms with van der Waals surface area (Å²) in [5.41, 5.74) is 0. The zero-order valence-corrected chi connectivity index (χ0v) is 13.9. The molecule has 0 atom stereocenters. The van der Waals surface area contributed by atoms with Gasteiger partial charge in [-0.05, 0) is 19.1 Å². The number of nitrogens with zero attached hydrogens (tertiary/aromatic N) is 1. The lowest BCUT2D eigenvalue weighted by molar-refractivity contribution is -0.143. The first-order chi connectivity index (χ1) is 10.0. The molecule has 0 fully saturated rings. The summed E-state index contributed by atoms with van der Waals surface area (Å²) in [7, 11) is 1.70. The molecule has 0 saturated heterocycles. The van der Waals surface area contributed by atoms with Crippen LogP contribution in [0.5, 0.6) is 0 Å². The van der Waals surface area contributed by atoms with Crippen molar-refractivity contribution in [3.8, 4) is 0 Å². The molecule has 0 aliphatic carbocycles. The van der Waals surface area contributed by atoms with Gasteiger partial charge in [-0.2, -0.15) is 0 Å². The molecule has 0 aromatic heterocycles. The van der Waals surface area contributed by atoms with Gasteiger partial charge in [-0.1, -0.05) is 23.7 Å². The van der Waals surface area contributed by atoms with Crippen LogP contribution in [0, 0.1) is 0 Å². The number of amides is 1. The maximum Gasteiger partial charge on any atom is 0.307 e. The molecule has 0 unspecified atom stereocenters. The zero-order valence-electron chi connectivity index (χ0n) is 12.3. The second kappa shape index (κ2) is 9.68. The molecule has 0 aliphatic heterocycles. The van der Waals surface area contributed by atoms with Crippen molar-refractivity contribution in [2.24, 2.45) is 0 Å². The minimum absolute atomic E-state index is 0.0128. The molecule has 0 spiro atoms. The molecular weight excluding hydrogens is 310 g/mol. The van der Waals surface area contributed by atoms with Crippen molar-refractivity contribution in [3.63, 3.8) is 0 Å². The predicted molar refractivity (Wildman–Crippen MR) is 85.7 cm³/mol. The van der Waals surface area contributed by atoms with Gasteiger partial charge in [0.25, 0.3) is 0 Å². The van der Waals surface area contributed by atoms with E-state index in [2.05, 4.69) is 0 Å². The molecule has 0 N–H and O–H groups in total. The lowest BCUT2D eigenvalue weighted by atomic mass is 10.3. The van der Waals surface area contributed by atoms with Crippen LogP contribution in [0.15, 0.2) is 29.2 Å². The number of benzene rings is 1. The van der Waals surface area contributed by atoms with Gasteiger partial charge >= 0.3 is 5.97 Å². The topological polar surface area (TPSA) is 46.6 Å². The van der Waals surface area contributed by atoms with Crippen molar-refractivity contribution in [1.82, 2.24) is 4.90 Å². The quantitative estimate of drug-likeness (QED) is 0.542. The Hall–Kier alpha value is -1.20. The third-order valence-corrected chi connectivity index (χ3v) is 4.31. The Morgan fingerprint density at radius 1 is 1.29 bits per heavy atom. The molecule has 0 aliphatic rings. The molecular formula is C15H20ClNO3S. The van der Waals surface area contributed by atoms with Crippen molar-refractivity contribution >= 4 is 35.2 Å². The van der Waals surface area contributed by atoms with Crippen molar-refractivity contribution in [1.29, 1.82) is 0 Å². The van der Waals surface area contributed by atoms with Gasteiger partial charge in [-0.3, -0.25) is 9.59 Å². The number of halogens is 1. The van der Waals surface area contributed by atoms with Crippen LogP contribution in [0.1, 0.15) is 19.8 Å². The van der Waals surface area contributed by atoms with E-state index in [1.165, 1.54) is 0 Å². The summed E-state index contributed by atoms with van der Waals surface area (Å²) in [5, 5.41) is 0.700. The number of rotatable bonds is 8. The van der Waals surface area contributed by atoms with E-state index in [4.69, 9.17) is 16.3 Å². The monoisotopic (exact) mass is 329 g/mol. The average Bonchev–Trinajstić information content (AvgIpc) is 2.47. The summed E-state index contributed by atoms with van der Waals surface area (Å²) < 4.78 is 4.83. The Balaban J connectivity index is 2.27. The second-order valence-corrected chi connectivity index (χ2v) is 5.94. The molecule has 1 aromatic carbocycles. The highest BCUT2D eigenvalue weighted by atomic mass is 35.5. The number of esters is 1. The van der Waals surface area contributed by atoms with Gasteiger partial charge in [0.05, 0.1) is 18.1 Å². The first-order valence-corrected chi connectivity index (χ1v) is 8.18. The largest absolute Gasteiger partial charge is 0.466 e. The first kappa shape index (κ1) is 17.9. The van der Waals surface area contributed by atoms with E-state index in [0.29, 0.717) is 30.3 Å². The summed E-state index contributed by atoms with van der Waals surface area (Å²) in [6.45, 7) is 2.51. The number of carbonyl (C=O) groups excluding carboxylic acids is 2. The van der Waals surface area contributed by atoms with Gasteiger partial charge in [0.1, 0.15) is 0 Å². The number of carbonyl (C=O) groups is 2. The minimum atomic E-state index is -0.275. The fourth-order valence-corrected chi connectivity index (χ4v) is 2.79. The standard InChI is InChI=1S/C15H20ClNO3S/c1-3-20-15(19)8-10-17(2)14(18)9-11-21-13-7-5-4-6-12(13)16/h4-7H,3,8-11H2,1-2H3. The van der Waals surface area contributed by atoms with Gasteiger partial charge in [-0.15, -0.1) is 11.8 Å². The minimum Gasteiger partial charge on any atom is -0.466 e. The van der Waals surface area contributed by atoms with Crippen molar-refractivity contribution in [2.45, 2.75) is 24.7 Å². The Bertz CT molecular complexity index is 482. The molecule has 0 bridgehead atoms. The number of ether oxygens (including phenoxy) is 1. The third kappa shape index (κ3) is 6.87. The van der Waals surface area contributed by atoms with Gasteiger partial charge in [-0.25, -0.2) is 0 Å². The first-order valence-electron chi connectivity index (χ1n) is 6.81. The lowest BCUT2D eigenvalue weighted by Crippen LogP contribution is -2.29. The van der Waals surface area contributed by atoms with E-state index in [0.717, 1.165) is 4.90 Å². The maximum absolute atomic E-state index is 11.9. The highest BCUT2D eigenvalue weighted by Gasteiger charge is 2.11. The van der Waals surface area contributed by atoms with Gasteiger partial charge in [0.2, 0.25) is 5.91 Å². The summed E-state index contributed by atoms with van der Waals surface area (Å²) >= 11 is 7.60. The number of hydrogen-bond donors (Lipinski definition) is 0. The molecule has 6 heteroatoms. The fraction of sp³-hybridized carbons (Fsp3) is 0.467. The summed E-state index contributed by atoms with van der Waals surface area (Å²) in [5.74, 6) is 0.396. The van der Waals surface area contributed by atoms with Crippen LogP contribution in [0.4, 0.5) is 0 Å². The summed E-state index contributed by atoms with van der Waals surface area (Å²) in [6.07, 6.45) is 0.642. The van der Waals surface area contributed by atoms with Crippen LogP contribution in [-0.2, 0) is 14.3 Å². The molecule has 4 nitrogen and oxygen atoms in total. The summed E-state index contributed by atoms with van der Waals surface area (Å²) in [6, 6.07) is 7.56. The molecule has 0 heterocycles. The van der Waals surface area contributed by atoms with Crippen molar-refractivity contribution in [3.05, 3.63) is 29.3 Å². The van der Waals surface area contributed by atoms with Crippen LogP contribution in [0.3, 0.4) is 0 Å². The zero-order chi connectivity index (χ0) is 15.7. The Morgan fingerprint density at radius 2 is 2.00 bits per heavy atom. The Kier molecular flexibility index (Phi) is 8.23. The van der Waals surface area contributed by atoms with E-state index in [1.807, 2.05) is 24.3 Å². The highest BCUT2D eigenvalue weighted by molar-refractivity contribution is 7.99. The molecule has 0 radical (unpaired) electrons. The van der Waals surface area contributed by atoms with E-state index < -0.39 is 0 Å². The van der Waals surface area contributed by atoms with Crippen molar-refractivity contribution in [2.75, 3.05) is 26.0 Å². The third-order valence-electron chi connectivity index (χ3n) is 2.79. The number of thioether (sulfide) groups is 1. The van der Waals surface area contributed by atoms with Gasteiger partial charge in [0.15, 0.2) is 0 Å². The molecule has 21 heavy (non-hydrogen) atoms. The van der Waals surface area contributed by atoms with Crippen LogP contribution in [0.25, 0.3) is 0 Å². The second-order valence-electron chi connectivity index (χ2n) is 4.40. The van der Waals surface area contributed by atoms with Crippen LogP contribution >= 0.6 is 23.4 Å². The molecule has 1 amide bonds. The molecule has 1 aromatic rings. The van der Waals surface area contributed by atoms with E-state index >= 15 is 0 Å². The van der Waals surface area contributed by atoms with E-state index in [9.17, 15) is 9.59 Å². The van der Waals surface area contributed by atoms with E-state index in [1.54, 1.807) is 30.6 Å². The molecule has 0 saturated carbocycles. The van der Waals surface area contributed by atoms with Crippen LogP contribution < -0.4 is 0 Å². The Morgan fingerprint density at radius 3 is 2.67 bits per heavy atom. The fourth-order valence-electron chi connectivity index (χ4n) is 1.62. The van der Waals surface area contributed by atoms with E-state index in [-0.39, 0.29) is 18.3 Å². The van der Waals surface area contributed by atoms with Gasteiger partial charge < -0.3 is 9.64 Å². The predicted octanol–water partition coefficient (Wildman–Crippen LogP) is 3.23. The molecule has 116 valence electrons. The van der Waals surface area contributed by atoms with Crippen LogP contribution in [0.2, 0.25) is 5.02 Å². The molecule has 1 rings (SSSR count).